The van der Waals surface area contributed by atoms with E-state index in [1.165, 1.54) is 0 Å². The molecule has 2 atom stereocenters. The number of fused-ring (bicyclic) bond motifs is 1. The molecule has 1 aromatic carbocycles. The van der Waals surface area contributed by atoms with Crippen LogP contribution in [0, 0.1) is 0 Å². The number of benzene rings is 1. The fourth-order valence-electron chi connectivity index (χ4n) is 2.45. The van der Waals surface area contributed by atoms with Gasteiger partial charge in [-0.1, -0.05) is 18.2 Å². The van der Waals surface area contributed by atoms with Gasteiger partial charge in [-0.15, -0.1) is 0 Å². The van der Waals surface area contributed by atoms with Crippen molar-refractivity contribution >= 4 is 11.8 Å². The third-order valence-electron chi connectivity index (χ3n) is 3.22. The van der Waals surface area contributed by atoms with Crippen LogP contribution in [-0.4, -0.2) is 17.7 Å². The summed E-state index contributed by atoms with van der Waals surface area (Å²) in [7, 11) is 0. The van der Waals surface area contributed by atoms with Crippen LogP contribution in [0.1, 0.15) is 45.7 Å². The van der Waals surface area contributed by atoms with Gasteiger partial charge in [0, 0.05) is 12.1 Å². The lowest BCUT2D eigenvalue weighted by molar-refractivity contribution is 0.0562. The molecule has 2 N–H and O–H groups in total. The maximum atomic E-state index is 12.4. The highest BCUT2D eigenvalue weighted by molar-refractivity contribution is 5.90. The van der Waals surface area contributed by atoms with Crippen LogP contribution in [0.3, 0.4) is 0 Å². The molecule has 0 saturated carbocycles. The second-order valence-corrected chi connectivity index (χ2v) is 6.10. The van der Waals surface area contributed by atoms with Crippen LogP contribution in [0.2, 0.25) is 0 Å². The molecular formula is C15H22N2O2. The quantitative estimate of drug-likeness (QED) is 0.781. The second-order valence-electron chi connectivity index (χ2n) is 6.10. The molecule has 1 aromatic rings. The first-order chi connectivity index (χ1) is 8.79. The first-order valence-corrected chi connectivity index (χ1v) is 6.66. The van der Waals surface area contributed by atoms with Gasteiger partial charge in [0.2, 0.25) is 0 Å². The largest absolute Gasteiger partial charge is 0.443 e. The molecular weight excluding hydrogens is 240 g/mol. The lowest BCUT2D eigenvalue weighted by Crippen LogP contribution is -2.46. The molecule has 0 saturated heterocycles. The topological polar surface area (TPSA) is 55.6 Å². The molecule has 0 aromatic heterocycles. The average Bonchev–Trinajstić information content (AvgIpc) is 2.26. The Bertz CT molecular complexity index is 479. The number of amides is 1. The van der Waals surface area contributed by atoms with E-state index in [-0.39, 0.29) is 18.2 Å². The molecule has 0 aliphatic carbocycles. The first-order valence-electron chi connectivity index (χ1n) is 6.66. The van der Waals surface area contributed by atoms with Crippen LogP contribution in [0.5, 0.6) is 0 Å². The lowest BCUT2D eigenvalue weighted by Gasteiger charge is -2.38. The third kappa shape index (κ3) is 2.89. The monoisotopic (exact) mass is 262 g/mol. The molecule has 0 radical (unpaired) electrons. The summed E-state index contributed by atoms with van der Waals surface area (Å²) in [5.74, 6) is 0. The molecule has 4 heteroatoms. The van der Waals surface area contributed by atoms with Crippen molar-refractivity contribution in [2.24, 2.45) is 5.73 Å². The van der Waals surface area contributed by atoms with E-state index >= 15 is 0 Å². The summed E-state index contributed by atoms with van der Waals surface area (Å²) in [6.45, 7) is 7.62. The van der Waals surface area contributed by atoms with E-state index in [1.54, 1.807) is 4.90 Å². The van der Waals surface area contributed by atoms with E-state index < -0.39 is 5.60 Å². The van der Waals surface area contributed by atoms with Gasteiger partial charge in [-0.05, 0) is 45.7 Å². The molecule has 0 spiro atoms. The number of ether oxygens (including phenoxy) is 1. The minimum Gasteiger partial charge on any atom is -0.443 e. The van der Waals surface area contributed by atoms with Gasteiger partial charge in [-0.2, -0.15) is 0 Å². The number of nitrogens with zero attached hydrogens (tertiary/aromatic N) is 1. The summed E-state index contributed by atoms with van der Waals surface area (Å²) < 4.78 is 5.49. The van der Waals surface area contributed by atoms with Crippen LogP contribution in [-0.2, 0) is 4.74 Å². The molecule has 1 amide bonds. The highest BCUT2D eigenvalue weighted by Crippen LogP contribution is 2.36. The van der Waals surface area contributed by atoms with E-state index in [1.807, 2.05) is 52.0 Å². The fourth-order valence-corrected chi connectivity index (χ4v) is 2.45. The predicted molar refractivity (Wildman–Crippen MR) is 76.2 cm³/mol. The Morgan fingerprint density at radius 2 is 2.00 bits per heavy atom. The molecule has 2 rings (SSSR count). The van der Waals surface area contributed by atoms with E-state index in [0.29, 0.717) is 0 Å². The Kier molecular flexibility index (Phi) is 3.54. The van der Waals surface area contributed by atoms with Gasteiger partial charge in [0.05, 0.1) is 5.69 Å². The number of hydrogen-bond donors (Lipinski definition) is 1. The van der Waals surface area contributed by atoms with E-state index in [0.717, 1.165) is 17.7 Å². The smallest absolute Gasteiger partial charge is 0.415 e. The molecule has 4 nitrogen and oxygen atoms in total. The van der Waals surface area contributed by atoms with Gasteiger partial charge in [0.25, 0.3) is 0 Å². The number of anilines is 1. The molecule has 0 unspecified atom stereocenters. The average molecular weight is 262 g/mol. The summed E-state index contributed by atoms with van der Waals surface area (Å²) in [6, 6.07) is 7.78. The Morgan fingerprint density at radius 3 is 2.63 bits per heavy atom. The summed E-state index contributed by atoms with van der Waals surface area (Å²) in [5, 5.41) is 0. The van der Waals surface area contributed by atoms with Crippen LogP contribution < -0.4 is 10.6 Å². The van der Waals surface area contributed by atoms with Gasteiger partial charge < -0.3 is 10.5 Å². The van der Waals surface area contributed by atoms with Crippen molar-refractivity contribution in [3.63, 3.8) is 0 Å². The summed E-state index contributed by atoms with van der Waals surface area (Å²) >= 11 is 0. The summed E-state index contributed by atoms with van der Waals surface area (Å²) in [5.41, 5.74) is 7.52. The van der Waals surface area contributed by atoms with Gasteiger partial charge >= 0.3 is 6.09 Å². The number of rotatable bonds is 0. The fraction of sp³-hybridized carbons (Fsp3) is 0.533. The zero-order valence-corrected chi connectivity index (χ0v) is 12.0. The Balaban J connectivity index is 2.35. The maximum absolute atomic E-state index is 12.4. The maximum Gasteiger partial charge on any atom is 0.415 e. The zero-order chi connectivity index (χ0) is 14.2. The van der Waals surface area contributed by atoms with Crippen molar-refractivity contribution in [3.8, 4) is 0 Å². The predicted octanol–water partition coefficient (Wildman–Crippen LogP) is 3.22. The van der Waals surface area contributed by atoms with Crippen LogP contribution >= 0.6 is 0 Å². The van der Waals surface area contributed by atoms with Crippen molar-refractivity contribution < 1.29 is 9.53 Å². The van der Waals surface area contributed by atoms with E-state index in [9.17, 15) is 4.79 Å². The lowest BCUT2D eigenvalue weighted by atomic mass is 9.93. The Hall–Kier alpha value is -1.55. The second kappa shape index (κ2) is 4.85. The van der Waals surface area contributed by atoms with Crippen molar-refractivity contribution in [1.82, 2.24) is 0 Å². The van der Waals surface area contributed by atoms with Gasteiger partial charge in [0.15, 0.2) is 0 Å². The molecule has 1 aliphatic rings. The number of para-hydroxylation sites is 1. The minimum atomic E-state index is -0.495. The van der Waals surface area contributed by atoms with Crippen LogP contribution in [0.25, 0.3) is 0 Å². The number of hydrogen-bond acceptors (Lipinski definition) is 3. The van der Waals surface area contributed by atoms with Crippen molar-refractivity contribution in [2.45, 2.75) is 51.8 Å². The summed E-state index contributed by atoms with van der Waals surface area (Å²) in [4.78, 5) is 14.1. The van der Waals surface area contributed by atoms with Crippen molar-refractivity contribution in [1.29, 1.82) is 0 Å². The number of carbonyl (C=O) groups is 1. The highest BCUT2D eigenvalue weighted by Gasteiger charge is 2.34. The van der Waals surface area contributed by atoms with Crippen LogP contribution in [0.4, 0.5) is 10.5 Å². The van der Waals surface area contributed by atoms with Gasteiger partial charge in [-0.25, -0.2) is 4.79 Å². The molecule has 104 valence electrons. The molecule has 0 fully saturated rings. The first kappa shape index (κ1) is 13.9. The van der Waals surface area contributed by atoms with E-state index in [4.69, 9.17) is 10.5 Å². The molecule has 0 bridgehead atoms. The van der Waals surface area contributed by atoms with Crippen LogP contribution in [0.15, 0.2) is 24.3 Å². The third-order valence-corrected chi connectivity index (χ3v) is 3.22. The molecule has 1 aliphatic heterocycles. The Labute approximate surface area is 114 Å². The number of nitrogens with two attached hydrogens (primary N) is 1. The highest BCUT2D eigenvalue weighted by atomic mass is 16.6. The standard InChI is InChI=1S/C15H22N2O2/c1-10-9-12(16)11-7-5-6-8-13(11)17(10)14(18)19-15(2,3)4/h5-8,10,12H,9,16H2,1-4H3/t10-,12+/m1/s1. The van der Waals surface area contributed by atoms with E-state index in [2.05, 4.69) is 0 Å². The zero-order valence-electron chi connectivity index (χ0n) is 12.0. The van der Waals surface area contributed by atoms with Crippen molar-refractivity contribution in [2.75, 3.05) is 4.90 Å². The normalized spacial score (nSPS) is 22.9. The molecule has 19 heavy (non-hydrogen) atoms. The van der Waals surface area contributed by atoms with Gasteiger partial charge in [0.1, 0.15) is 5.60 Å². The Morgan fingerprint density at radius 1 is 1.37 bits per heavy atom. The van der Waals surface area contributed by atoms with Gasteiger partial charge in [-0.3, -0.25) is 4.90 Å². The SMILES string of the molecule is C[C@@H]1C[C@H](N)c2ccccc2N1C(=O)OC(C)(C)C. The van der Waals surface area contributed by atoms with Crippen molar-refractivity contribution in [3.05, 3.63) is 29.8 Å². The molecule has 1 heterocycles. The number of carbonyl (C=O) groups excluding carboxylic acids is 1. The summed E-state index contributed by atoms with van der Waals surface area (Å²) in [6.07, 6.45) is 0.440. The minimum absolute atomic E-state index is 0.0233.